The number of benzene rings is 2. The summed E-state index contributed by atoms with van der Waals surface area (Å²) in [5, 5.41) is 2.97. The molecule has 4 heteroatoms. The summed E-state index contributed by atoms with van der Waals surface area (Å²) in [6.07, 6.45) is 0. The first-order valence-electron chi connectivity index (χ1n) is 6.49. The number of nitrogens with one attached hydrogen (secondary N) is 1. The van der Waals surface area contributed by atoms with Gasteiger partial charge < -0.3 is 14.8 Å². The van der Waals surface area contributed by atoms with E-state index in [1.807, 2.05) is 37.3 Å². The molecular formula is C16H15NO3. The molecule has 20 heavy (non-hydrogen) atoms. The van der Waals surface area contributed by atoms with Crippen molar-refractivity contribution in [2.45, 2.75) is 13.0 Å². The fourth-order valence-electron chi connectivity index (χ4n) is 2.14. The summed E-state index contributed by atoms with van der Waals surface area (Å²) in [5.74, 6) is 1.17. The van der Waals surface area contributed by atoms with Crippen molar-refractivity contribution < 1.29 is 14.3 Å². The zero-order chi connectivity index (χ0) is 13.9. The second-order valence-electron chi connectivity index (χ2n) is 4.67. The Morgan fingerprint density at radius 2 is 1.85 bits per heavy atom. The quantitative estimate of drug-likeness (QED) is 0.932. The van der Waals surface area contributed by atoms with Crippen LogP contribution >= 0.6 is 0 Å². The van der Waals surface area contributed by atoms with Crippen molar-refractivity contribution >= 4 is 5.91 Å². The molecule has 102 valence electrons. The number of amides is 1. The van der Waals surface area contributed by atoms with E-state index in [9.17, 15) is 4.79 Å². The van der Waals surface area contributed by atoms with E-state index in [1.165, 1.54) is 0 Å². The monoisotopic (exact) mass is 269 g/mol. The highest BCUT2D eigenvalue weighted by Gasteiger charge is 2.17. The highest BCUT2D eigenvalue weighted by Crippen LogP contribution is 2.32. The number of carbonyl (C=O) groups is 1. The zero-order valence-electron chi connectivity index (χ0n) is 11.1. The molecule has 2 aromatic rings. The Bertz CT molecular complexity index is 625. The molecule has 3 rings (SSSR count). The van der Waals surface area contributed by atoms with Crippen molar-refractivity contribution in [3.05, 3.63) is 59.7 Å². The van der Waals surface area contributed by atoms with E-state index < -0.39 is 0 Å². The van der Waals surface area contributed by atoms with Crippen molar-refractivity contribution in [3.8, 4) is 11.5 Å². The standard InChI is InChI=1S/C16H15NO3/c1-11(12-5-3-2-4-6-12)17-16(18)13-7-8-14-15(9-13)20-10-19-14/h2-9,11H,10H2,1H3,(H,17,18)/t11-/m1/s1. The summed E-state index contributed by atoms with van der Waals surface area (Å²) in [7, 11) is 0. The van der Waals surface area contributed by atoms with Gasteiger partial charge in [0.05, 0.1) is 6.04 Å². The second kappa shape index (κ2) is 5.25. The van der Waals surface area contributed by atoms with Gasteiger partial charge in [-0.05, 0) is 30.7 Å². The molecule has 0 aliphatic carbocycles. The van der Waals surface area contributed by atoms with Crippen molar-refractivity contribution in [2.75, 3.05) is 6.79 Å². The van der Waals surface area contributed by atoms with Crippen LogP contribution in [-0.2, 0) is 0 Å². The number of carbonyl (C=O) groups excluding carboxylic acids is 1. The third-order valence-corrected chi connectivity index (χ3v) is 3.28. The Kier molecular flexibility index (Phi) is 3.29. The van der Waals surface area contributed by atoms with E-state index in [0.29, 0.717) is 17.1 Å². The molecule has 1 N–H and O–H groups in total. The third kappa shape index (κ3) is 2.45. The van der Waals surface area contributed by atoms with Crippen LogP contribution in [-0.4, -0.2) is 12.7 Å². The van der Waals surface area contributed by atoms with Crippen LogP contribution in [0.25, 0.3) is 0 Å². The van der Waals surface area contributed by atoms with Crippen LogP contribution < -0.4 is 14.8 Å². The van der Waals surface area contributed by atoms with Crippen LogP contribution in [0, 0.1) is 0 Å². The zero-order valence-corrected chi connectivity index (χ0v) is 11.1. The van der Waals surface area contributed by atoms with Gasteiger partial charge in [0, 0.05) is 5.56 Å². The molecule has 1 aliphatic rings. The summed E-state index contributed by atoms with van der Waals surface area (Å²) >= 11 is 0. The Hall–Kier alpha value is -2.49. The van der Waals surface area contributed by atoms with Gasteiger partial charge >= 0.3 is 0 Å². The number of fused-ring (bicyclic) bond motifs is 1. The highest BCUT2D eigenvalue weighted by atomic mass is 16.7. The van der Waals surface area contributed by atoms with Crippen LogP contribution in [0.4, 0.5) is 0 Å². The van der Waals surface area contributed by atoms with E-state index in [-0.39, 0.29) is 18.7 Å². The average molecular weight is 269 g/mol. The largest absolute Gasteiger partial charge is 0.454 e. The molecule has 0 fully saturated rings. The Morgan fingerprint density at radius 1 is 1.10 bits per heavy atom. The second-order valence-corrected chi connectivity index (χ2v) is 4.67. The summed E-state index contributed by atoms with van der Waals surface area (Å²) in [6, 6.07) is 15.0. The minimum atomic E-state index is -0.125. The van der Waals surface area contributed by atoms with Gasteiger partial charge in [0.25, 0.3) is 5.91 Å². The maximum atomic E-state index is 12.2. The molecule has 1 aliphatic heterocycles. The summed E-state index contributed by atoms with van der Waals surface area (Å²) in [6.45, 7) is 2.17. The maximum Gasteiger partial charge on any atom is 0.251 e. The first-order chi connectivity index (χ1) is 9.74. The molecule has 0 saturated heterocycles. The van der Waals surface area contributed by atoms with Gasteiger partial charge in [0.15, 0.2) is 11.5 Å². The molecule has 1 amide bonds. The maximum absolute atomic E-state index is 12.2. The van der Waals surface area contributed by atoms with E-state index in [1.54, 1.807) is 18.2 Å². The van der Waals surface area contributed by atoms with Gasteiger partial charge in [-0.3, -0.25) is 4.79 Å². The molecule has 1 heterocycles. The third-order valence-electron chi connectivity index (χ3n) is 3.28. The normalized spacial score (nSPS) is 13.8. The lowest BCUT2D eigenvalue weighted by molar-refractivity contribution is 0.0939. The molecular weight excluding hydrogens is 254 g/mol. The van der Waals surface area contributed by atoms with E-state index in [2.05, 4.69) is 5.32 Å². The predicted molar refractivity (Wildman–Crippen MR) is 74.9 cm³/mol. The highest BCUT2D eigenvalue weighted by molar-refractivity contribution is 5.95. The molecule has 0 unspecified atom stereocenters. The van der Waals surface area contributed by atoms with Gasteiger partial charge in [-0.25, -0.2) is 0 Å². The van der Waals surface area contributed by atoms with Gasteiger partial charge in [0.2, 0.25) is 6.79 Å². The molecule has 1 atom stereocenters. The Morgan fingerprint density at radius 3 is 2.65 bits per heavy atom. The van der Waals surface area contributed by atoms with Gasteiger partial charge in [-0.1, -0.05) is 30.3 Å². The summed E-state index contributed by atoms with van der Waals surface area (Å²) in [4.78, 5) is 12.2. The first kappa shape index (κ1) is 12.5. The van der Waals surface area contributed by atoms with Crippen molar-refractivity contribution in [1.29, 1.82) is 0 Å². The van der Waals surface area contributed by atoms with Gasteiger partial charge in [0.1, 0.15) is 0 Å². The predicted octanol–water partition coefficient (Wildman–Crippen LogP) is 2.91. The molecule has 2 aromatic carbocycles. The number of ether oxygens (including phenoxy) is 2. The minimum Gasteiger partial charge on any atom is -0.454 e. The van der Waals surface area contributed by atoms with Crippen LogP contribution in [0.1, 0.15) is 28.9 Å². The van der Waals surface area contributed by atoms with Crippen molar-refractivity contribution in [2.24, 2.45) is 0 Å². The molecule has 0 aromatic heterocycles. The first-order valence-corrected chi connectivity index (χ1v) is 6.49. The number of hydrogen-bond donors (Lipinski definition) is 1. The van der Waals surface area contributed by atoms with Crippen LogP contribution in [0.2, 0.25) is 0 Å². The van der Waals surface area contributed by atoms with Crippen LogP contribution in [0.3, 0.4) is 0 Å². The molecule has 0 spiro atoms. The van der Waals surface area contributed by atoms with E-state index in [4.69, 9.17) is 9.47 Å². The number of rotatable bonds is 3. The molecule has 0 radical (unpaired) electrons. The van der Waals surface area contributed by atoms with E-state index in [0.717, 1.165) is 5.56 Å². The lowest BCUT2D eigenvalue weighted by atomic mass is 10.1. The molecule has 0 bridgehead atoms. The topological polar surface area (TPSA) is 47.6 Å². The van der Waals surface area contributed by atoms with E-state index >= 15 is 0 Å². The fraction of sp³-hybridized carbons (Fsp3) is 0.188. The fourth-order valence-corrected chi connectivity index (χ4v) is 2.14. The van der Waals surface area contributed by atoms with Crippen molar-refractivity contribution in [1.82, 2.24) is 5.32 Å². The molecule has 4 nitrogen and oxygen atoms in total. The Labute approximate surface area is 117 Å². The summed E-state index contributed by atoms with van der Waals surface area (Å²) in [5.41, 5.74) is 1.64. The summed E-state index contributed by atoms with van der Waals surface area (Å²) < 4.78 is 10.5. The lowest BCUT2D eigenvalue weighted by Gasteiger charge is -2.14. The van der Waals surface area contributed by atoms with Gasteiger partial charge in [-0.2, -0.15) is 0 Å². The molecule has 0 saturated carbocycles. The van der Waals surface area contributed by atoms with Crippen molar-refractivity contribution in [3.63, 3.8) is 0 Å². The SMILES string of the molecule is C[C@@H](NC(=O)c1ccc2c(c1)OCO2)c1ccccc1. The minimum absolute atomic E-state index is 0.0471. The lowest BCUT2D eigenvalue weighted by Crippen LogP contribution is -2.26. The smallest absolute Gasteiger partial charge is 0.251 e. The van der Waals surface area contributed by atoms with Crippen LogP contribution in [0.15, 0.2) is 48.5 Å². The Balaban J connectivity index is 1.73. The average Bonchev–Trinajstić information content (AvgIpc) is 2.95. The van der Waals surface area contributed by atoms with Gasteiger partial charge in [-0.15, -0.1) is 0 Å². The number of hydrogen-bond acceptors (Lipinski definition) is 3. The van der Waals surface area contributed by atoms with Crippen LogP contribution in [0.5, 0.6) is 11.5 Å².